The third-order valence-corrected chi connectivity index (χ3v) is 5.73. The van der Waals surface area contributed by atoms with Gasteiger partial charge < -0.3 is 13.8 Å². The van der Waals surface area contributed by atoms with Crippen molar-refractivity contribution in [2.45, 2.75) is 25.4 Å². The number of nitrogens with zero attached hydrogens (tertiary/aromatic N) is 4. The molecule has 0 N–H and O–H groups in total. The molecule has 0 radical (unpaired) electrons. The smallest absolute Gasteiger partial charge is 0.250 e. The molecule has 0 unspecified atom stereocenters. The first-order valence-corrected chi connectivity index (χ1v) is 9.58. The summed E-state index contributed by atoms with van der Waals surface area (Å²) in [7, 11) is 1.64. The highest BCUT2D eigenvalue weighted by Gasteiger charge is 2.34. The molecule has 2 aromatic heterocycles. The van der Waals surface area contributed by atoms with Gasteiger partial charge in [-0.15, -0.1) is 0 Å². The van der Waals surface area contributed by atoms with Crippen LogP contribution in [0.2, 0.25) is 0 Å². The lowest BCUT2D eigenvalue weighted by Crippen LogP contribution is -2.46. The summed E-state index contributed by atoms with van der Waals surface area (Å²) in [6.07, 6.45) is 1.14. The molecule has 4 heterocycles. The molecule has 144 valence electrons. The molecule has 0 spiro atoms. The van der Waals surface area contributed by atoms with Crippen LogP contribution in [0.3, 0.4) is 0 Å². The van der Waals surface area contributed by atoms with Crippen molar-refractivity contribution in [3.05, 3.63) is 64.4 Å². The van der Waals surface area contributed by atoms with E-state index >= 15 is 0 Å². The first-order chi connectivity index (χ1) is 13.7. The maximum absolute atomic E-state index is 12.2. The van der Waals surface area contributed by atoms with Crippen LogP contribution < -0.4 is 10.3 Å². The average Bonchev–Trinajstić information content (AvgIpc) is 3.17. The van der Waals surface area contributed by atoms with Gasteiger partial charge in [-0.05, 0) is 42.7 Å². The van der Waals surface area contributed by atoms with E-state index in [1.165, 1.54) is 0 Å². The molecule has 2 bridgehead atoms. The molecule has 1 aromatic carbocycles. The predicted molar refractivity (Wildman–Crippen MR) is 103 cm³/mol. The number of methoxy groups -OCH3 is 1. The van der Waals surface area contributed by atoms with Crippen molar-refractivity contribution in [1.82, 2.24) is 19.6 Å². The highest BCUT2D eigenvalue weighted by atomic mass is 16.5. The van der Waals surface area contributed by atoms with E-state index in [-0.39, 0.29) is 5.56 Å². The Morgan fingerprint density at radius 2 is 2.00 bits per heavy atom. The van der Waals surface area contributed by atoms with Crippen LogP contribution in [-0.2, 0) is 13.1 Å². The van der Waals surface area contributed by atoms with Crippen molar-refractivity contribution in [1.29, 1.82) is 0 Å². The van der Waals surface area contributed by atoms with Crippen LogP contribution in [0.1, 0.15) is 23.9 Å². The maximum atomic E-state index is 12.2. The summed E-state index contributed by atoms with van der Waals surface area (Å²) < 4.78 is 12.6. The third-order valence-electron chi connectivity index (χ3n) is 5.73. The average molecular weight is 378 g/mol. The Labute approximate surface area is 162 Å². The number of hydrogen-bond acceptors (Lipinski definition) is 6. The molecule has 28 heavy (non-hydrogen) atoms. The summed E-state index contributed by atoms with van der Waals surface area (Å²) in [5.41, 5.74) is 2.17. The molecule has 0 aliphatic carbocycles. The van der Waals surface area contributed by atoms with Gasteiger partial charge in [0.05, 0.1) is 13.7 Å². The van der Waals surface area contributed by atoms with E-state index in [2.05, 4.69) is 21.1 Å². The topological polar surface area (TPSA) is 73.4 Å². The zero-order valence-electron chi connectivity index (χ0n) is 15.7. The molecule has 3 aromatic rings. The largest absolute Gasteiger partial charge is 0.497 e. The Kier molecular flexibility index (Phi) is 4.24. The fourth-order valence-corrected chi connectivity index (χ4v) is 4.49. The number of hydrogen-bond donors (Lipinski definition) is 0. The molecule has 0 saturated carbocycles. The molecule has 7 heteroatoms. The molecule has 0 amide bonds. The number of pyridine rings is 1. The lowest BCUT2D eigenvalue weighted by Gasteiger charge is -2.42. The van der Waals surface area contributed by atoms with Crippen LogP contribution in [0, 0.1) is 5.92 Å². The van der Waals surface area contributed by atoms with Gasteiger partial charge in [0.2, 0.25) is 11.7 Å². The maximum Gasteiger partial charge on any atom is 0.250 e. The number of rotatable bonds is 4. The standard InChI is InChI=1S/C21H22N4O3/c1-27-17-7-5-15(6-8-17)21-22-19(28-23-21)13-24-10-14-9-16(12-24)18-3-2-4-20(26)25(18)11-14/h2-8,14,16H,9-13H2,1H3/t14-,16-/m0/s1. The molecule has 1 saturated heterocycles. The highest BCUT2D eigenvalue weighted by Crippen LogP contribution is 2.35. The van der Waals surface area contributed by atoms with Gasteiger partial charge in [-0.3, -0.25) is 9.69 Å². The molecule has 5 rings (SSSR count). The summed E-state index contributed by atoms with van der Waals surface area (Å²) in [4.78, 5) is 19.1. The van der Waals surface area contributed by atoms with E-state index in [4.69, 9.17) is 9.26 Å². The van der Waals surface area contributed by atoms with Crippen LogP contribution in [0.4, 0.5) is 0 Å². The van der Waals surface area contributed by atoms with Gasteiger partial charge in [0.25, 0.3) is 5.56 Å². The zero-order valence-corrected chi connectivity index (χ0v) is 15.7. The Hall–Kier alpha value is -2.93. The number of piperidine rings is 1. The van der Waals surface area contributed by atoms with Crippen LogP contribution in [0.5, 0.6) is 5.75 Å². The minimum Gasteiger partial charge on any atom is -0.497 e. The number of fused-ring (bicyclic) bond motifs is 4. The SMILES string of the molecule is COc1ccc(-c2noc(CN3C[C@@H]4C[C@@H](C3)c3cccc(=O)n3C4)n2)cc1. The van der Waals surface area contributed by atoms with Gasteiger partial charge in [-0.1, -0.05) is 11.2 Å². The first-order valence-electron chi connectivity index (χ1n) is 9.58. The molecule has 7 nitrogen and oxygen atoms in total. The van der Waals surface area contributed by atoms with Gasteiger partial charge in [0, 0.05) is 42.9 Å². The molecular formula is C21H22N4O3. The normalized spacial score (nSPS) is 21.3. The van der Waals surface area contributed by atoms with Crippen molar-refractivity contribution in [2.24, 2.45) is 5.92 Å². The Morgan fingerprint density at radius 1 is 1.14 bits per heavy atom. The van der Waals surface area contributed by atoms with Gasteiger partial charge in [0.15, 0.2) is 0 Å². The lowest BCUT2D eigenvalue weighted by atomic mass is 9.83. The monoisotopic (exact) mass is 378 g/mol. The Balaban J connectivity index is 1.31. The minimum atomic E-state index is 0.113. The fraction of sp³-hybridized carbons (Fsp3) is 0.381. The summed E-state index contributed by atoms with van der Waals surface area (Å²) in [5, 5.41) is 4.13. The van der Waals surface area contributed by atoms with E-state index < -0.39 is 0 Å². The van der Waals surface area contributed by atoms with Crippen molar-refractivity contribution in [2.75, 3.05) is 20.2 Å². The van der Waals surface area contributed by atoms with E-state index in [1.54, 1.807) is 13.2 Å². The fourth-order valence-electron chi connectivity index (χ4n) is 4.49. The molecule has 2 aliphatic rings. The van der Waals surface area contributed by atoms with Crippen LogP contribution in [-0.4, -0.2) is 39.8 Å². The van der Waals surface area contributed by atoms with E-state index in [9.17, 15) is 4.79 Å². The Morgan fingerprint density at radius 3 is 2.82 bits per heavy atom. The molecule has 2 atom stereocenters. The second-order valence-electron chi connectivity index (χ2n) is 7.63. The van der Waals surface area contributed by atoms with Crippen LogP contribution in [0.15, 0.2) is 51.8 Å². The quantitative estimate of drug-likeness (QED) is 0.695. The molecule has 1 fully saturated rings. The summed E-state index contributed by atoms with van der Waals surface area (Å²) in [5.74, 6) is 2.87. The second-order valence-corrected chi connectivity index (χ2v) is 7.63. The summed E-state index contributed by atoms with van der Waals surface area (Å²) in [6.45, 7) is 3.27. The molecular weight excluding hydrogens is 356 g/mol. The number of ether oxygens (including phenoxy) is 1. The van der Waals surface area contributed by atoms with Crippen molar-refractivity contribution >= 4 is 0 Å². The van der Waals surface area contributed by atoms with Gasteiger partial charge in [0.1, 0.15) is 5.75 Å². The van der Waals surface area contributed by atoms with E-state index in [0.717, 1.165) is 43.1 Å². The zero-order chi connectivity index (χ0) is 19.1. The number of benzene rings is 1. The Bertz CT molecular complexity index is 1040. The predicted octanol–water partition coefficient (Wildman–Crippen LogP) is 2.53. The van der Waals surface area contributed by atoms with Crippen LogP contribution in [0.25, 0.3) is 11.4 Å². The summed E-state index contributed by atoms with van der Waals surface area (Å²) >= 11 is 0. The van der Waals surface area contributed by atoms with E-state index in [1.807, 2.05) is 34.9 Å². The van der Waals surface area contributed by atoms with Gasteiger partial charge in [-0.25, -0.2) is 0 Å². The minimum absolute atomic E-state index is 0.113. The van der Waals surface area contributed by atoms with Gasteiger partial charge >= 0.3 is 0 Å². The van der Waals surface area contributed by atoms with Crippen molar-refractivity contribution in [3.8, 4) is 17.1 Å². The number of aromatic nitrogens is 3. The second kappa shape index (κ2) is 6.91. The van der Waals surface area contributed by atoms with Crippen molar-refractivity contribution in [3.63, 3.8) is 0 Å². The van der Waals surface area contributed by atoms with Crippen LogP contribution >= 0.6 is 0 Å². The molecule has 2 aliphatic heterocycles. The third kappa shape index (κ3) is 3.11. The van der Waals surface area contributed by atoms with E-state index in [0.29, 0.717) is 30.1 Å². The van der Waals surface area contributed by atoms with Crippen molar-refractivity contribution < 1.29 is 9.26 Å². The number of likely N-dealkylation sites (tertiary alicyclic amines) is 1. The van der Waals surface area contributed by atoms with Gasteiger partial charge in [-0.2, -0.15) is 4.98 Å². The highest BCUT2D eigenvalue weighted by molar-refractivity contribution is 5.55. The lowest BCUT2D eigenvalue weighted by molar-refractivity contribution is 0.104. The summed E-state index contributed by atoms with van der Waals surface area (Å²) in [6, 6.07) is 13.2. The first kappa shape index (κ1) is 17.2.